The van der Waals surface area contributed by atoms with Gasteiger partial charge in [-0.15, -0.1) is 0 Å². The topological polar surface area (TPSA) is 106 Å². The van der Waals surface area contributed by atoms with Crippen LogP contribution in [0.25, 0.3) is 0 Å². The average Bonchev–Trinajstić information content (AvgIpc) is 3.44. The van der Waals surface area contributed by atoms with Crippen LogP contribution in [0.4, 0.5) is 4.79 Å². The van der Waals surface area contributed by atoms with Crippen LogP contribution in [0.15, 0.2) is 78.9 Å². The van der Waals surface area contributed by atoms with Crippen molar-refractivity contribution in [3.05, 3.63) is 101 Å². The Balaban J connectivity index is 1.50. The van der Waals surface area contributed by atoms with Crippen molar-refractivity contribution >= 4 is 20.3 Å². The van der Waals surface area contributed by atoms with E-state index in [9.17, 15) is 14.7 Å². The number of aliphatic hydroxyl groups is 1. The first-order valence-corrected chi connectivity index (χ1v) is 23.4. The third-order valence-electron chi connectivity index (χ3n) is 11.8. The normalized spacial score (nSPS) is 19.5. The van der Waals surface area contributed by atoms with E-state index in [2.05, 4.69) is 68.8 Å². The van der Waals surface area contributed by atoms with E-state index in [1.165, 1.54) is 19.3 Å². The van der Waals surface area contributed by atoms with Crippen LogP contribution in [0.3, 0.4) is 0 Å². The molecule has 3 N–H and O–H groups in total. The molecule has 55 heavy (non-hydrogen) atoms. The number of carbonyl (C=O) groups excluding carboxylic acids is 2. The number of carbonyl (C=O) groups is 2. The molecule has 2 aliphatic rings. The van der Waals surface area contributed by atoms with Gasteiger partial charge in [-0.25, -0.2) is 4.79 Å². The fraction of sp³-hybridized carbons (Fsp3) is 0.565. The zero-order valence-corrected chi connectivity index (χ0v) is 35.5. The predicted octanol–water partition coefficient (Wildman–Crippen LogP) is 10.4. The van der Waals surface area contributed by atoms with Crippen molar-refractivity contribution in [3.63, 3.8) is 0 Å². The summed E-state index contributed by atoms with van der Waals surface area (Å²) in [5.41, 5.74) is 3.44. The number of rotatable bonds is 15. The summed E-state index contributed by atoms with van der Waals surface area (Å²) in [4.78, 5) is 27.6. The predicted molar refractivity (Wildman–Crippen MR) is 222 cm³/mol. The molecule has 0 aromatic heterocycles. The second-order valence-corrected chi connectivity index (χ2v) is 23.1. The first-order chi connectivity index (χ1) is 26.0. The smallest absolute Gasteiger partial charge is 0.407 e. The van der Waals surface area contributed by atoms with E-state index in [4.69, 9.17) is 13.9 Å². The van der Waals surface area contributed by atoms with Crippen molar-refractivity contribution in [1.29, 1.82) is 0 Å². The number of hydrogen-bond acceptors (Lipinski definition) is 6. The Bertz CT molecular complexity index is 1680. The molecule has 9 heteroatoms. The van der Waals surface area contributed by atoms with Crippen LogP contribution in [0.1, 0.15) is 127 Å². The fourth-order valence-corrected chi connectivity index (χ4v) is 9.13. The summed E-state index contributed by atoms with van der Waals surface area (Å²) in [7, 11) is -2.41. The number of alkyl carbamates (subject to hydrolysis) is 1. The molecule has 3 aromatic rings. The van der Waals surface area contributed by atoms with Crippen molar-refractivity contribution in [3.8, 4) is 5.75 Å². The Morgan fingerprint density at radius 2 is 1.53 bits per heavy atom. The highest BCUT2D eigenvalue weighted by Crippen LogP contribution is 2.45. The van der Waals surface area contributed by atoms with Crippen LogP contribution in [0.2, 0.25) is 18.1 Å². The van der Waals surface area contributed by atoms with E-state index in [1.54, 1.807) is 0 Å². The molecule has 3 aromatic carbocycles. The van der Waals surface area contributed by atoms with Gasteiger partial charge in [0.15, 0.2) is 8.32 Å². The second kappa shape index (κ2) is 18.5. The quantitative estimate of drug-likeness (QED) is 0.133. The van der Waals surface area contributed by atoms with E-state index in [0.717, 1.165) is 47.3 Å². The van der Waals surface area contributed by atoms with Gasteiger partial charge < -0.3 is 29.6 Å². The highest BCUT2D eigenvalue weighted by molar-refractivity contribution is 6.74. The Kier molecular flexibility index (Phi) is 14.3. The third kappa shape index (κ3) is 12.2. The minimum atomic E-state index is -2.41. The Morgan fingerprint density at radius 1 is 0.873 bits per heavy atom. The lowest BCUT2D eigenvalue weighted by Gasteiger charge is -2.44. The lowest BCUT2D eigenvalue weighted by Crippen LogP contribution is -2.49. The highest BCUT2D eigenvalue weighted by Gasteiger charge is 2.44. The summed E-state index contributed by atoms with van der Waals surface area (Å²) in [6.45, 7) is 17.3. The maximum absolute atomic E-state index is 13.9. The van der Waals surface area contributed by atoms with Gasteiger partial charge in [0.25, 0.3) is 0 Å². The Labute approximate surface area is 331 Å². The molecule has 1 unspecified atom stereocenters. The van der Waals surface area contributed by atoms with E-state index in [0.29, 0.717) is 25.4 Å². The second-order valence-electron chi connectivity index (χ2n) is 18.4. The van der Waals surface area contributed by atoms with Gasteiger partial charge in [-0.2, -0.15) is 0 Å². The molecule has 5 rings (SSSR count). The number of fused-ring (bicyclic) bond motifs is 1. The molecular weight excluding hydrogens is 705 g/mol. The summed E-state index contributed by atoms with van der Waals surface area (Å²) < 4.78 is 19.5. The zero-order chi connectivity index (χ0) is 39.8. The molecule has 2 amide bonds. The van der Waals surface area contributed by atoms with Gasteiger partial charge in [0, 0.05) is 24.8 Å². The van der Waals surface area contributed by atoms with Gasteiger partial charge in [0.05, 0.1) is 18.2 Å². The van der Waals surface area contributed by atoms with Crippen LogP contribution >= 0.6 is 0 Å². The van der Waals surface area contributed by atoms with Gasteiger partial charge in [-0.3, -0.25) is 4.79 Å². The molecule has 0 saturated heterocycles. The monoisotopic (exact) mass is 770 g/mol. The van der Waals surface area contributed by atoms with Crippen molar-refractivity contribution in [2.75, 3.05) is 0 Å². The SMILES string of the molecule is CC(C)(C)OC(=O)N[C@@H](CC1CCCCC1)[C@H](CCC(=O)N[C@H]1c2ccccc2C[C@H]1O)C(O[Si](C)(C)C(C)(C)C)c1ccc(OCc2ccccc2)cc1. The number of benzene rings is 3. The molecule has 0 heterocycles. The van der Waals surface area contributed by atoms with Crippen molar-refractivity contribution < 1.29 is 28.6 Å². The maximum Gasteiger partial charge on any atom is 0.407 e. The molecule has 0 aliphatic heterocycles. The average molecular weight is 771 g/mol. The molecular formula is C46H66N2O6Si. The molecule has 1 fully saturated rings. The van der Waals surface area contributed by atoms with E-state index < -0.39 is 38.3 Å². The number of amides is 2. The van der Waals surface area contributed by atoms with Crippen molar-refractivity contribution in [1.82, 2.24) is 10.6 Å². The standard InChI is InChI=1S/C46H66N2O6Si/c1-45(2,3)53-44(51)47-39(29-32-17-11-9-12-18-32)38(27-28-41(50)48-42-37-22-16-15-21-35(37)30-40(42)49)43(54-55(7,8)46(4,5)6)34-23-25-36(26-24-34)52-31-33-19-13-10-14-20-33/h10,13-16,19-26,32,38-40,42-43,49H,9,11-12,17-18,27-31H2,1-8H3,(H,47,51)(H,48,50)/t38-,39-,40+,42-,43?/m0/s1. The van der Waals surface area contributed by atoms with Crippen LogP contribution < -0.4 is 15.4 Å². The molecule has 0 bridgehead atoms. The summed E-state index contributed by atoms with van der Waals surface area (Å²) in [5.74, 6) is 0.814. The lowest BCUT2D eigenvalue weighted by atomic mass is 9.77. The molecule has 0 spiro atoms. The summed E-state index contributed by atoms with van der Waals surface area (Å²) in [6.07, 6.45) is 6.22. The minimum Gasteiger partial charge on any atom is -0.489 e. The molecule has 8 nitrogen and oxygen atoms in total. The minimum absolute atomic E-state index is 0.0879. The largest absolute Gasteiger partial charge is 0.489 e. The lowest BCUT2D eigenvalue weighted by molar-refractivity contribution is -0.123. The molecule has 5 atom stereocenters. The van der Waals surface area contributed by atoms with E-state index in [1.807, 2.05) is 75.4 Å². The van der Waals surface area contributed by atoms with Crippen LogP contribution in [0, 0.1) is 11.8 Å². The Morgan fingerprint density at radius 3 is 2.18 bits per heavy atom. The Hall–Kier alpha value is -3.66. The van der Waals surface area contributed by atoms with E-state index >= 15 is 0 Å². The van der Waals surface area contributed by atoms with Gasteiger partial charge in [-0.05, 0) is 92.0 Å². The maximum atomic E-state index is 13.9. The van der Waals surface area contributed by atoms with Crippen LogP contribution in [-0.4, -0.2) is 43.2 Å². The van der Waals surface area contributed by atoms with Gasteiger partial charge in [-0.1, -0.05) is 120 Å². The summed E-state index contributed by atoms with van der Waals surface area (Å²) in [6, 6.07) is 25.4. The van der Waals surface area contributed by atoms with Gasteiger partial charge in [0.1, 0.15) is 18.0 Å². The molecule has 300 valence electrons. The fourth-order valence-electron chi connectivity index (χ4n) is 7.83. The van der Waals surface area contributed by atoms with E-state index in [-0.39, 0.29) is 29.3 Å². The zero-order valence-electron chi connectivity index (χ0n) is 34.5. The highest BCUT2D eigenvalue weighted by atomic mass is 28.4. The van der Waals surface area contributed by atoms with Crippen molar-refractivity contribution in [2.45, 2.75) is 154 Å². The van der Waals surface area contributed by atoms with Crippen molar-refractivity contribution in [2.24, 2.45) is 11.8 Å². The van der Waals surface area contributed by atoms with Gasteiger partial charge in [0.2, 0.25) is 5.91 Å². The van der Waals surface area contributed by atoms with Crippen LogP contribution in [0.5, 0.6) is 5.75 Å². The van der Waals surface area contributed by atoms with Crippen LogP contribution in [-0.2, 0) is 27.0 Å². The molecule has 1 saturated carbocycles. The summed E-state index contributed by atoms with van der Waals surface area (Å²) in [5, 5.41) is 17.4. The number of aliphatic hydroxyl groups excluding tert-OH is 1. The summed E-state index contributed by atoms with van der Waals surface area (Å²) >= 11 is 0. The third-order valence-corrected chi connectivity index (χ3v) is 16.3. The molecule has 0 radical (unpaired) electrons. The van der Waals surface area contributed by atoms with Gasteiger partial charge >= 0.3 is 6.09 Å². The first kappa shape index (κ1) is 42.5. The number of hydrogen-bond donors (Lipinski definition) is 3. The number of nitrogens with one attached hydrogen (secondary N) is 2. The first-order valence-electron chi connectivity index (χ1n) is 20.5. The number of ether oxygens (including phenoxy) is 2. The molecule has 2 aliphatic carbocycles.